The lowest BCUT2D eigenvalue weighted by Crippen LogP contribution is -2.31. The second-order valence-electron chi connectivity index (χ2n) is 5.99. The van der Waals surface area contributed by atoms with Gasteiger partial charge in [0.1, 0.15) is 0 Å². The predicted octanol–water partition coefficient (Wildman–Crippen LogP) is 3.82. The van der Waals surface area contributed by atoms with Crippen molar-refractivity contribution in [1.82, 2.24) is 9.29 Å². The Morgan fingerprint density at radius 2 is 1.85 bits per heavy atom. The molecule has 1 N–H and O–H groups in total. The van der Waals surface area contributed by atoms with E-state index in [1.807, 2.05) is 27.7 Å². The number of nitrogens with zero attached hydrogens (tertiary/aromatic N) is 2. The Kier molecular flexibility index (Phi) is 6.91. The molecule has 1 aromatic heterocycles. The van der Waals surface area contributed by atoms with Crippen LogP contribution >= 0.6 is 11.3 Å². The van der Waals surface area contributed by atoms with E-state index < -0.39 is 10.0 Å². The molecule has 1 heterocycles. The lowest BCUT2D eigenvalue weighted by molar-refractivity contribution is 0.102. The number of thiazole rings is 1. The molecule has 2 aromatic rings. The average Bonchev–Trinajstić information content (AvgIpc) is 2.93. The molecular formula is C18H25N3O3S2. The number of aromatic nitrogens is 1. The molecule has 26 heavy (non-hydrogen) atoms. The highest BCUT2D eigenvalue weighted by Gasteiger charge is 2.22. The van der Waals surface area contributed by atoms with E-state index in [1.165, 1.54) is 39.9 Å². The molecule has 1 amide bonds. The van der Waals surface area contributed by atoms with Gasteiger partial charge in [-0.1, -0.05) is 20.3 Å². The minimum atomic E-state index is -3.54. The van der Waals surface area contributed by atoms with Crippen molar-refractivity contribution in [3.05, 3.63) is 40.4 Å². The summed E-state index contributed by atoms with van der Waals surface area (Å²) in [7, 11) is -3.54. The molecule has 0 aliphatic rings. The second kappa shape index (κ2) is 8.75. The fourth-order valence-electron chi connectivity index (χ4n) is 2.41. The SMILES string of the molecule is CCCCN(CC)S(=O)(=O)c1ccc(C(=O)Nc2nc(C)c(C)s2)cc1. The van der Waals surface area contributed by atoms with Gasteiger partial charge in [-0.15, -0.1) is 11.3 Å². The summed E-state index contributed by atoms with van der Waals surface area (Å²) in [5.74, 6) is -0.305. The Labute approximate surface area is 159 Å². The molecule has 0 bridgehead atoms. The Bertz CT molecular complexity index is 839. The van der Waals surface area contributed by atoms with Gasteiger partial charge in [-0.05, 0) is 44.5 Å². The van der Waals surface area contributed by atoms with E-state index in [-0.39, 0.29) is 10.8 Å². The zero-order chi connectivity index (χ0) is 19.3. The lowest BCUT2D eigenvalue weighted by atomic mass is 10.2. The molecule has 0 spiro atoms. The first-order valence-electron chi connectivity index (χ1n) is 8.65. The summed E-state index contributed by atoms with van der Waals surface area (Å²) >= 11 is 1.41. The third-order valence-electron chi connectivity index (χ3n) is 4.12. The van der Waals surface area contributed by atoms with E-state index >= 15 is 0 Å². The van der Waals surface area contributed by atoms with Crippen molar-refractivity contribution in [2.75, 3.05) is 18.4 Å². The first-order chi connectivity index (χ1) is 12.3. The highest BCUT2D eigenvalue weighted by molar-refractivity contribution is 7.89. The van der Waals surface area contributed by atoms with Crippen molar-refractivity contribution in [3.63, 3.8) is 0 Å². The molecule has 2 rings (SSSR count). The van der Waals surface area contributed by atoms with Crippen LogP contribution in [0.3, 0.4) is 0 Å². The fourth-order valence-corrected chi connectivity index (χ4v) is 4.70. The van der Waals surface area contributed by atoms with Crippen LogP contribution in [0.4, 0.5) is 5.13 Å². The summed E-state index contributed by atoms with van der Waals surface area (Å²) < 4.78 is 26.9. The number of nitrogens with one attached hydrogen (secondary N) is 1. The molecule has 142 valence electrons. The summed E-state index contributed by atoms with van der Waals surface area (Å²) in [6, 6.07) is 6.03. The van der Waals surface area contributed by atoms with Crippen molar-refractivity contribution in [3.8, 4) is 0 Å². The van der Waals surface area contributed by atoms with Crippen LogP contribution in [0.5, 0.6) is 0 Å². The molecule has 0 saturated carbocycles. The normalized spacial score (nSPS) is 11.7. The van der Waals surface area contributed by atoms with Gasteiger partial charge in [0, 0.05) is 23.5 Å². The highest BCUT2D eigenvalue weighted by Crippen LogP contribution is 2.22. The van der Waals surface area contributed by atoms with Crippen molar-refractivity contribution < 1.29 is 13.2 Å². The number of benzene rings is 1. The van der Waals surface area contributed by atoms with Gasteiger partial charge in [-0.2, -0.15) is 4.31 Å². The molecule has 0 atom stereocenters. The van der Waals surface area contributed by atoms with Crippen molar-refractivity contribution in [2.45, 2.75) is 45.4 Å². The van der Waals surface area contributed by atoms with Gasteiger partial charge in [-0.3, -0.25) is 10.1 Å². The number of unbranched alkanes of at least 4 members (excludes halogenated alkanes) is 1. The quantitative estimate of drug-likeness (QED) is 0.737. The van der Waals surface area contributed by atoms with Crippen molar-refractivity contribution >= 4 is 32.4 Å². The van der Waals surface area contributed by atoms with E-state index in [1.54, 1.807) is 0 Å². The molecule has 0 aliphatic carbocycles. The summed E-state index contributed by atoms with van der Waals surface area (Å²) in [5, 5.41) is 3.29. The number of carbonyl (C=O) groups is 1. The summed E-state index contributed by atoms with van der Waals surface area (Å²) in [4.78, 5) is 17.9. The first-order valence-corrected chi connectivity index (χ1v) is 10.9. The Morgan fingerprint density at radius 1 is 1.19 bits per heavy atom. The number of sulfonamides is 1. The minimum absolute atomic E-state index is 0.202. The van der Waals surface area contributed by atoms with Gasteiger partial charge >= 0.3 is 0 Å². The molecule has 0 aliphatic heterocycles. The van der Waals surface area contributed by atoms with Crippen LogP contribution in [0.2, 0.25) is 0 Å². The van der Waals surface area contributed by atoms with Crippen LogP contribution in [0.1, 0.15) is 47.6 Å². The standard InChI is InChI=1S/C18H25N3O3S2/c1-5-7-12-21(6-2)26(23,24)16-10-8-15(9-11-16)17(22)20-18-19-13(3)14(4)25-18/h8-11H,5-7,12H2,1-4H3,(H,19,20,22). The molecular weight excluding hydrogens is 370 g/mol. The van der Waals surface area contributed by atoms with E-state index in [0.717, 1.165) is 23.4 Å². The topological polar surface area (TPSA) is 79.4 Å². The maximum Gasteiger partial charge on any atom is 0.257 e. The predicted molar refractivity (Wildman–Crippen MR) is 105 cm³/mol. The zero-order valence-corrected chi connectivity index (χ0v) is 17.2. The minimum Gasteiger partial charge on any atom is -0.298 e. The van der Waals surface area contributed by atoms with Crippen molar-refractivity contribution in [1.29, 1.82) is 0 Å². The van der Waals surface area contributed by atoms with Gasteiger partial charge in [0.2, 0.25) is 10.0 Å². The smallest absolute Gasteiger partial charge is 0.257 e. The number of amides is 1. The Hall–Kier alpha value is -1.77. The van der Waals surface area contributed by atoms with Crippen LogP contribution in [0, 0.1) is 13.8 Å². The third-order valence-corrected chi connectivity index (χ3v) is 7.09. The molecule has 6 nitrogen and oxygen atoms in total. The van der Waals surface area contributed by atoms with Crippen LogP contribution in [0.25, 0.3) is 0 Å². The van der Waals surface area contributed by atoms with E-state index in [0.29, 0.717) is 23.8 Å². The average molecular weight is 396 g/mol. The number of aryl methyl sites for hydroxylation is 2. The summed E-state index contributed by atoms with van der Waals surface area (Å²) in [5.41, 5.74) is 1.28. The molecule has 0 radical (unpaired) electrons. The molecule has 1 aromatic carbocycles. The second-order valence-corrected chi connectivity index (χ2v) is 9.13. The van der Waals surface area contributed by atoms with Gasteiger partial charge in [0.05, 0.1) is 10.6 Å². The number of hydrogen-bond acceptors (Lipinski definition) is 5. The van der Waals surface area contributed by atoms with Crippen LogP contribution in [0.15, 0.2) is 29.2 Å². The Balaban J connectivity index is 2.14. The van der Waals surface area contributed by atoms with E-state index in [2.05, 4.69) is 10.3 Å². The number of anilines is 1. The molecule has 8 heteroatoms. The summed E-state index contributed by atoms with van der Waals surface area (Å²) in [6.45, 7) is 8.61. The monoisotopic (exact) mass is 395 g/mol. The van der Waals surface area contributed by atoms with E-state index in [4.69, 9.17) is 0 Å². The van der Waals surface area contributed by atoms with Crippen LogP contribution in [-0.2, 0) is 10.0 Å². The van der Waals surface area contributed by atoms with Gasteiger partial charge in [0.25, 0.3) is 5.91 Å². The maximum atomic E-state index is 12.7. The molecule has 0 unspecified atom stereocenters. The third kappa shape index (κ3) is 4.69. The number of carbonyl (C=O) groups excluding carboxylic acids is 1. The van der Waals surface area contributed by atoms with Gasteiger partial charge < -0.3 is 0 Å². The van der Waals surface area contributed by atoms with Gasteiger partial charge in [-0.25, -0.2) is 13.4 Å². The van der Waals surface area contributed by atoms with E-state index in [9.17, 15) is 13.2 Å². The number of hydrogen-bond donors (Lipinski definition) is 1. The number of rotatable bonds is 8. The van der Waals surface area contributed by atoms with Crippen LogP contribution < -0.4 is 5.32 Å². The lowest BCUT2D eigenvalue weighted by Gasteiger charge is -2.20. The van der Waals surface area contributed by atoms with Gasteiger partial charge in [0.15, 0.2) is 5.13 Å². The largest absolute Gasteiger partial charge is 0.298 e. The highest BCUT2D eigenvalue weighted by atomic mass is 32.2. The zero-order valence-electron chi connectivity index (χ0n) is 15.6. The molecule has 0 fully saturated rings. The van der Waals surface area contributed by atoms with Crippen LogP contribution in [-0.4, -0.2) is 36.7 Å². The van der Waals surface area contributed by atoms with Crippen molar-refractivity contribution in [2.24, 2.45) is 0 Å². The Morgan fingerprint density at radius 3 is 2.35 bits per heavy atom. The maximum absolute atomic E-state index is 12.7. The summed E-state index contributed by atoms with van der Waals surface area (Å²) in [6.07, 6.45) is 1.75. The molecule has 0 saturated heterocycles. The fraction of sp³-hybridized carbons (Fsp3) is 0.444. The first kappa shape index (κ1) is 20.5.